The van der Waals surface area contributed by atoms with Crippen LogP contribution in [-0.2, 0) is 0 Å². The van der Waals surface area contributed by atoms with Gasteiger partial charge in [0.25, 0.3) is 0 Å². The highest BCUT2D eigenvalue weighted by molar-refractivity contribution is 6.41. The first-order valence-corrected chi connectivity index (χ1v) is 6.45. The standard InChI is InChI=1S/C12H5Cl4NO2/c13-6-3-7(14)11(8(15)4-6)9-1-5(12(18)19)2-10(16)17-9/h1-4H,(H,18,19). The lowest BCUT2D eigenvalue weighted by atomic mass is 10.1. The van der Waals surface area contributed by atoms with Crippen LogP contribution in [-0.4, -0.2) is 16.1 Å². The molecule has 1 heterocycles. The molecule has 0 aliphatic carbocycles. The number of nitrogens with zero attached hydrogens (tertiary/aromatic N) is 1. The van der Waals surface area contributed by atoms with Crippen molar-refractivity contribution in [2.24, 2.45) is 0 Å². The van der Waals surface area contributed by atoms with Gasteiger partial charge in [0.05, 0.1) is 21.3 Å². The van der Waals surface area contributed by atoms with Crippen LogP contribution in [0.1, 0.15) is 10.4 Å². The number of halogens is 4. The second-order valence-corrected chi connectivity index (χ2v) is 5.25. The van der Waals surface area contributed by atoms with Gasteiger partial charge in [-0.1, -0.05) is 46.4 Å². The molecule has 2 rings (SSSR count). The van der Waals surface area contributed by atoms with Crippen molar-refractivity contribution < 1.29 is 9.90 Å². The highest BCUT2D eigenvalue weighted by Gasteiger charge is 2.15. The quantitative estimate of drug-likeness (QED) is 0.780. The van der Waals surface area contributed by atoms with Gasteiger partial charge in [0.15, 0.2) is 0 Å². The maximum Gasteiger partial charge on any atom is 0.335 e. The molecular weight excluding hydrogens is 332 g/mol. The fourth-order valence-electron chi connectivity index (χ4n) is 1.54. The summed E-state index contributed by atoms with van der Waals surface area (Å²) in [4.78, 5) is 15.0. The number of carboxylic acids is 1. The monoisotopic (exact) mass is 335 g/mol. The zero-order valence-corrected chi connectivity index (χ0v) is 12.1. The molecule has 0 bridgehead atoms. The Labute approximate surface area is 128 Å². The highest BCUT2D eigenvalue weighted by Crippen LogP contribution is 2.37. The van der Waals surface area contributed by atoms with Gasteiger partial charge in [-0.3, -0.25) is 0 Å². The van der Waals surface area contributed by atoms with E-state index in [0.717, 1.165) is 0 Å². The van der Waals surface area contributed by atoms with Crippen LogP contribution < -0.4 is 0 Å². The van der Waals surface area contributed by atoms with Crippen LogP contribution in [0.15, 0.2) is 24.3 Å². The molecule has 1 aromatic heterocycles. The number of benzene rings is 1. The minimum absolute atomic E-state index is 0.00270. The maximum absolute atomic E-state index is 11.0. The average molecular weight is 337 g/mol. The first-order valence-electron chi connectivity index (χ1n) is 4.94. The summed E-state index contributed by atoms with van der Waals surface area (Å²) in [5.41, 5.74) is 0.659. The number of carbonyl (C=O) groups is 1. The van der Waals surface area contributed by atoms with Gasteiger partial charge in [-0.05, 0) is 24.3 Å². The fourth-order valence-corrected chi connectivity index (χ4v) is 2.75. The molecule has 0 fully saturated rings. The first-order chi connectivity index (χ1) is 8.88. The molecular formula is C12H5Cl4NO2. The highest BCUT2D eigenvalue weighted by atomic mass is 35.5. The first kappa shape index (κ1) is 14.4. The molecule has 0 aliphatic rings. The summed E-state index contributed by atoms with van der Waals surface area (Å²) < 4.78 is 0. The van der Waals surface area contributed by atoms with Crippen molar-refractivity contribution in [3.05, 3.63) is 50.0 Å². The van der Waals surface area contributed by atoms with Crippen LogP contribution in [0, 0.1) is 0 Å². The number of pyridine rings is 1. The summed E-state index contributed by atoms with van der Waals surface area (Å²) in [6.45, 7) is 0. The Balaban J connectivity index is 2.69. The van der Waals surface area contributed by atoms with Crippen LogP contribution in [0.5, 0.6) is 0 Å². The smallest absolute Gasteiger partial charge is 0.335 e. The Hall–Kier alpha value is -1.000. The third-order valence-corrected chi connectivity index (χ3v) is 3.31. The van der Waals surface area contributed by atoms with E-state index in [9.17, 15) is 4.79 Å². The molecule has 0 aliphatic heterocycles. The molecule has 1 N–H and O–H groups in total. The van der Waals surface area contributed by atoms with E-state index in [0.29, 0.717) is 10.6 Å². The van der Waals surface area contributed by atoms with Gasteiger partial charge >= 0.3 is 5.97 Å². The van der Waals surface area contributed by atoms with E-state index in [2.05, 4.69) is 4.98 Å². The molecule has 7 heteroatoms. The predicted octanol–water partition coefficient (Wildman–Crippen LogP) is 5.06. The number of carboxylic acid groups (broad SMARTS) is 1. The number of aromatic carboxylic acids is 1. The van der Waals surface area contributed by atoms with Gasteiger partial charge in [-0.2, -0.15) is 0 Å². The maximum atomic E-state index is 11.0. The van der Waals surface area contributed by atoms with Gasteiger partial charge in [0, 0.05) is 10.6 Å². The van der Waals surface area contributed by atoms with E-state index >= 15 is 0 Å². The summed E-state index contributed by atoms with van der Waals surface area (Å²) in [6.07, 6.45) is 0. The van der Waals surface area contributed by atoms with Gasteiger partial charge in [0.2, 0.25) is 0 Å². The van der Waals surface area contributed by atoms with E-state index in [1.807, 2.05) is 0 Å². The largest absolute Gasteiger partial charge is 0.478 e. The minimum Gasteiger partial charge on any atom is -0.478 e. The van der Waals surface area contributed by atoms with Crippen molar-refractivity contribution in [1.82, 2.24) is 4.98 Å². The van der Waals surface area contributed by atoms with Crippen molar-refractivity contribution in [2.75, 3.05) is 0 Å². The number of rotatable bonds is 2. The molecule has 0 radical (unpaired) electrons. The molecule has 98 valence electrons. The topological polar surface area (TPSA) is 50.2 Å². The lowest BCUT2D eigenvalue weighted by Crippen LogP contribution is -1.98. The van der Waals surface area contributed by atoms with Crippen molar-refractivity contribution >= 4 is 52.4 Å². The Bertz CT molecular complexity index is 650. The molecule has 0 saturated carbocycles. The normalized spacial score (nSPS) is 10.5. The molecule has 3 nitrogen and oxygen atoms in total. The predicted molar refractivity (Wildman–Crippen MR) is 76.7 cm³/mol. The second kappa shape index (κ2) is 5.55. The summed E-state index contributed by atoms with van der Waals surface area (Å²) in [7, 11) is 0. The van der Waals surface area contributed by atoms with E-state index in [-0.39, 0.29) is 26.5 Å². The summed E-state index contributed by atoms with van der Waals surface area (Å²) in [6, 6.07) is 5.57. The van der Waals surface area contributed by atoms with Crippen LogP contribution >= 0.6 is 46.4 Å². The molecule has 0 saturated heterocycles. The van der Waals surface area contributed by atoms with Gasteiger partial charge in [0.1, 0.15) is 5.15 Å². The van der Waals surface area contributed by atoms with Crippen LogP contribution in [0.2, 0.25) is 20.2 Å². The van der Waals surface area contributed by atoms with Crippen molar-refractivity contribution in [3.63, 3.8) is 0 Å². The van der Waals surface area contributed by atoms with E-state index in [1.165, 1.54) is 24.3 Å². The summed E-state index contributed by atoms with van der Waals surface area (Å²) in [5.74, 6) is -1.12. The molecule has 1 aromatic carbocycles. The Kier molecular flexibility index (Phi) is 4.21. The lowest BCUT2D eigenvalue weighted by Gasteiger charge is -2.08. The summed E-state index contributed by atoms with van der Waals surface area (Å²) >= 11 is 23.7. The average Bonchev–Trinajstić information content (AvgIpc) is 2.26. The van der Waals surface area contributed by atoms with E-state index in [1.54, 1.807) is 0 Å². The SMILES string of the molecule is O=C(O)c1cc(Cl)nc(-c2c(Cl)cc(Cl)cc2Cl)c1. The van der Waals surface area contributed by atoms with Gasteiger partial charge in [-0.25, -0.2) is 9.78 Å². The number of aromatic nitrogens is 1. The minimum atomic E-state index is -1.12. The number of hydrogen-bond acceptors (Lipinski definition) is 2. The molecule has 19 heavy (non-hydrogen) atoms. The zero-order chi connectivity index (χ0) is 14.2. The molecule has 2 aromatic rings. The third-order valence-electron chi connectivity index (χ3n) is 2.30. The zero-order valence-electron chi connectivity index (χ0n) is 9.12. The van der Waals surface area contributed by atoms with Crippen molar-refractivity contribution in [2.45, 2.75) is 0 Å². The van der Waals surface area contributed by atoms with E-state index in [4.69, 9.17) is 51.5 Å². The number of hydrogen-bond donors (Lipinski definition) is 1. The Morgan fingerprint density at radius 2 is 1.58 bits per heavy atom. The third kappa shape index (κ3) is 3.12. The lowest BCUT2D eigenvalue weighted by molar-refractivity contribution is 0.0697. The van der Waals surface area contributed by atoms with Gasteiger partial charge < -0.3 is 5.11 Å². The van der Waals surface area contributed by atoms with Gasteiger partial charge in [-0.15, -0.1) is 0 Å². The Morgan fingerprint density at radius 3 is 2.11 bits per heavy atom. The fraction of sp³-hybridized carbons (Fsp3) is 0. The summed E-state index contributed by atoms with van der Waals surface area (Å²) in [5, 5.41) is 9.94. The molecule has 0 unspecified atom stereocenters. The second-order valence-electron chi connectivity index (χ2n) is 3.61. The Morgan fingerprint density at radius 1 is 1.00 bits per heavy atom. The van der Waals surface area contributed by atoms with Crippen LogP contribution in [0.25, 0.3) is 11.3 Å². The van der Waals surface area contributed by atoms with E-state index < -0.39 is 5.97 Å². The van der Waals surface area contributed by atoms with Crippen LogP contribution in [0.4, 0.5) is 0 Å². The van der Waals surface area contributed by atoms with Crippen molar-refractivity contribution in [1.29, 1.82) is 0 Å². The van der Waals surface area contributed by atoms with Crippen molar-refractivity contribution in [3.8, 4) is 11.3 Å². The molecule has 0 atom stereocenters. The molecule has 0 spiro atoms. The molecule has 0 amide bonds. The van der Waals surface area contributed by atoms with Crippen LogP contribution in [0.3, 0.4) is 0 Å².